The maximum atomic E-state index is 8.50. The average Bonchev–Trinajstić information content (AvgIpc) is 2.19. The highest BCUT2D eigenvalue weighted by atomic mass is 16.2. The zero-order valence-corrected chi connectivity index (χ0v) is 7.74. The Morgan fingerprint density at radius 2 is 2.00 bits per heavy atom. The van der Waals surface area contributed by atoms with Gasteiger partial charge in [0, 0.05) is 13.2 Å². The van der Waals surface area contributed by atoms with Gasteiger partial charge in [-0.3, -0.25) is 0 Å². The van der Waals surface area contributed by atoms with Crippen LogP contribution in [-0.2, 0) is 6.54 Å². The van der Waals surface area contributed by atoms with Gasteiger partial charge in [0.05, 0.1) is 0 Å². The molecule has 0 aliphatic heterocycles. The minimum atomic E-state index is 0.174. The number of benzene rings is 1. The number of hydrogen-bond donors (Lipinski definition) is 2. The summed E-state index contributed by atoms with van der Waals surface area (Å²) >= 11 is 0. The second-order valence-corrected chi connectivity index (χ2v) is 2.92. The van der Waals surface area contributed by atoms with Crippen molar-refractivity contribution in [2.24, 2.45) is 0 Å². The van der Waals surface area contributed by atoms with Crippen LogP contribution >= 0.6 is 0 Å². The van der Waals surface area contributed by atoms with Crippen LogP contribution in [0.5, 0.6) is 0 Å². The van der Waals surface area contributed by atoms with E-state index in [9.17, 15) is 0 Å². The van der Waals surface area contributed by atoms with Crippen LogP contribution in [0.15, 0.2) is 30.3 Å². The third-order valence-corrected chi connectivity index (χ3v) is 1.83. The second-order valence-electron chi connectivity index (χ2n) is 2.92. The summed E-state index contributed by atoms with van der Waals surface area (Å²) in [6.07, 6.45) is 2.78. The summed E-state index contributed by atoms with van der Waals surface area (Å²) in [5, 5.41) is 11.8. The number of aliphatic hydroxyl groups is 1. The van der Waals surface area contributed by atoms with E-state index in [1.807, 2.05) is 24.6 Å². The van der Waals surface area contributed by atoms with E-state index in [0.717, 1.165) is 19.5 Å². The molecular weight excluding hydrogens is 162 g/mol. The van der Waals surface area contributed by atoms with E-state index in [2.05, 4.69) is 17.4 Å². The van der Waals surface area contributed by atoms with Gasteiger partial charge in [-0.1, -0.05) is 30.3 Å². The lowest BCUT2D eigenvalue weighted by molar-refractivity contribution is 0.322. The third kappa shape index (κ3) is 4.65. The van der Waals surface area contributed by atoms with Gasteiger partial charge >= 0.3 is 0 Å². The van der Waals surface area contributed by atoms with Crippen LogP contribution in [0.4, 0.5) is 0 Å². The highest BCUT2D eigenvalue weighted by Gasteiger charge is 1.90. The van der Waals surface area contributed by atoms with Crippen molar-refractivity contribution >= 4 is 0 Å². The molecule has 0 unspecified atom stereocenters. The predicted molar refractivity (Wildman–Crippen MR) is 54.2 cm³/mol. The van der Waals surface area contributed by atoms with Crippen LogP contribution in [0.2, 0.25) is 0 Å². The van der Waals surface area contributed by atoms with Crippen molar-refractivity contribution < 1.29 is 5.11 Å². The molecule has 0 aromatic heterocycles. The van der Waals surface area contributed by atoms with Gasteiger partial charge in [0.25, 0.3) is 0 Å². The van der Waals surface area contributed by atoms with Gasteiger partial charge in [0.1, 0.15) is 0 Å². The van der Waals surface area contributed by atoms with Crippen LogP contribution in [0.1, 0.15) is 12.0 Å². The molecule has 2 N–H and O–H groups in total. The van der Waals surface area contributed by atoms with Crippen LogP contribution in [-0.4, -0.2) is 18.3 Å². The van der Waals surface area contributed by atoms with Gasteiger partial charge in [-0.2, -0.15) is 0 Å². The van der Waals surface area contributed by atoms with E-state index in [4.69, 9.17) is 5.11 Å². The average molecular weight is 178 g/mol. The van der Waals surface area contributed by atoms with Crippen LogP contribution in [0, 0.1) is 6.42 Å². The van der Waals surface area contributed by atoms with E-state index < -0.39 is 0 Å². The van der Waals surface area contributed by atoms with Crippen molar-refractivity contribution in [3.05, 3.63) is 42.3 Å². The molecule has 13 heavy (non-hydrogen) atoms. The minimum Gasteiger partial charge on any atom is -0.396 e. The molecule has 0 spiro atoms. The highest BCUT2D eigenvalue weighted by Crippen LogP contribution is 1.96. The first-order valence-corrected chi connectivity index (χ1v) is 4.60. The molecule has 71 valence electrons. The Balaban J connectivity index is 2.07. The largest absolute Gasteiger partial charge is 0.396 e. The number of nitrogens with one attached hydrogen (secondary N) is 1. The standard InChI is InChI=1S/C11H16NO/c13-9-5-4-8-12-10-11-6-2-1-3-7-11/h1-3,5-7,12-13H,4,8-10H2. The molecule has 1 aromatic carbocycles. The van der Waals surface area contributed by atoms with E-state index in [1.54, 1.807) is 0 Å². The van der Waals surface area contributed by atoms with Gasteiger partial charge in [0.15, 0.2) is 0 Å². The number of rotatable bonds is 6. The first kappa shape index (κ1) is 10.2. The van der Waals surface area contributed by atoms with Crippen LogP contribution in [0.25, 0.3) is 0 Å². The molecule has 0 amide bonds. The molecule has 1 rings (SSSR count). The lowest BCUT2D eigenvalue weighted by Crippen LogP contribution is -2.14. The van der Waals surface area contributed by atoms with Crippen LogP contribution in [0.3, 0.4) is 0 Å². The molecule has 0 saturated carbocycles. The summed E-state index contributed by atoms with van der Waals surface area (Å²) in [4.78, 5) is 0. The molecule has 1 radical (unpaired) electrons. The van der Waals surface area contributed by atoms with Gasteiger partial charge in [-0.25, -0.2) is 0 Å². The molecule has 2 heteroatoms. The van der Waals surface area contributed by atoms with Crippen molar-refractivity contribution in [2.45, 2.75) is 13.0 Å². The van der Waals surface area contributed by atoms with Gasteiger partial charge in [-0.15, -0.1) is 0 Å². The van der Waals surface area contributed by atoms with Crippen molar-refractivity contribution in [2.75, 3.05) is 13.2 Å². The molecule has 2 nitrogen and oxygen atoms in total. The summed E-state index contributed by atoms with van der Waals surface area (Å²) in [5.74, 6) is 0. The molecule has 1 aromatic rings. The Bertz CT molecular complexity index is 211. The normalized spacial score (nSPS) is 10.2. The molecule has 0 bridgehead atoms. The molecule has 0 aliphatic rings. The molecule has 0 heterocycles. The quantitative estimate of drug-likeness (QED) is 0.645. The Morgan fingerprint density at radius 1 is 1.23 bits per heavy atom. The molecular formula is C11H16NO. The van der Waals surface area contributed by atoms with E-state index in [-0.39, 0.29) is 6.61 Å². The summed E-state index contributed by atoms with van der Waals surface area (Å²) < 4.78 is 0. The van der Waals surface area contributed by atoms with E-state index in [1.165, 1.54) is 5.56 Å². The maximum Gasteiger partial charge on any atom is 0.0463 e. The monoisotopic (exact) mass is 178 g/mol. The Hall–Kier alpha value is -0.860. The lowest BCUT2D eigenvalue weighted by Gasteiger charge is -2.03. The molecule has 0 fully saturated rings. The van der Waals surface area contributed by atoms with Crippen molar-refractivity contribution in [1.82, 2.24) is 5.32 Å². The fraction of sp³-hybridized carbons (Fsp3) is 0.364. The number of aliphatic hydroxyl groups excluding tert-OH is 1. The Morgan fingerprint density at radius 3 is 2.69 bits per heavy atom. The summed E-state index contributed by atoms with van der Waals surface area (Å²) in [6, 6.07) is 10.3. The van der Waals surface area contributed by atoms with Crippen molar-refractivity contribution in [3.63, 3.8) is 0 Å². The molecule has 0 aliphatic carbocycles. The minimum absolute atomic E-state index is 0.174. The molecule has 0 saturated heterocycles. The number of hydrogen-bond acceptors (Lipinski definition) is 2. The predicted octanol–water partition coefficient (Wildman–Crippen LogP) is 1.36. The third-order valence-electron chi connectivity index (χ3n) is 1.83. The van der Waals surface area contributed by atoms with Gasteiger partial charge < -0.3 is 10.4 Å². The smallest absolute Gasteiger partial charge is 0.0463 e. The Kier molecular flexibility index (Phi) is 5.22. The SMILES string of the molecule is OC[CH]CCNCc1ccccc1. The van der Waals surface area contributed by atoms with Gasteiger partial charge in [0.2, 0.25) is 0 Å². The second kappa shape index (κ2) is 6.63. The zero-order valence-electron chi connectivity index (χ0n) is 7.74. The number of unbranched alkanes of at least 4 members (excludes halogenated alkanes) is 1. The highest BCUT2D eigenvalue weighted by molar-refractivity contribution is 5.14. The fourth-order valence-corrected chi connectivity index (χ4v) is 1.12. The van der Waals surface area contributed by atoms with Crippen molar-refractivity contribution in [3.8, 4) is 0 Å². The first-order valence-electron chi connectivity index (χ1n) is 4.60. The lowest BCUT2D eigenvalue weighted by atomic mass is 10.2. The first-order chi connectivity index (χ1) is 6.43. The summed E-state index contributed by atoms with van der Waals surface area (Å²) in [6.45, 7) is 2.00. The van der Waals surface area contributed by atoms with E-state index in [0.29, 0.717) is 0 Å². The topological polar surface area (TPSA) is 32.3 Å². The van der Waals surface area contributed by atoms with Gasteiger partial charge in [-0.05, 0) is 24.9 Å². The molecule has 0 atom stereocenters. The Labute approximate surface area is 79.6 Å². The zero-order chi connectivity index (χ0) is 9.36. The summed E-state index contributed by atoms with van der Waals surface area (Å²) in [7, 11) is 0. The maximum absolute atomic E-state index is 8.50. The van der Waals surface area contributed by atoms with E-state index >= 15 is 0 Å². The van der Waals surface area contributed by atoms with Crippen LogP contribution < -0.4 is 5.32 Å². The summed E-state index contributed by atoms with van der Waals surface area (Å²) in [5.41, 5.74) is 1.30. The van der Waals surface area contributed by atoms with Crippen molar-refractivity contribution in [1.29, 1.82) is 0 Å². The fourth-order valence-electron chi connectivity index (χ4n) is 1.12.